The van der Waals surface area contributed by atoms with Gasteiger partial charge in [-0.1, -0.05) is 0 Å². The predicted molar refractivity (Wildman–Crippen MR) is 127 cm³/mol. The van der Waals surface area contributed by atoms with Crippen LogP contribution in [0.2, 0.25) is 0 Å². The molecule has 0 atom stereocenters. The summed E-state index contributed by atoms with van der Waals surface area (Å²) in [5.74, 6) is 0.486. The minimum Gasteiger partial charge on any atom is -0.444 e. The van der Waals surface area contributed by atoms with Crippen molar-refractivity contribution >= 4 is 17.9 Å². The van der Waals surface area contributed by atoms with Gasteiger partial charge in [0.25, 0.3) is 0 Å². The molecule has 0 radical (unpaired) electrons. The number of fused-ring (bicyclic) bond motifs is 4. The van der Waals surface area contributed by atoms with E-state index in [1.54, 1.807) is 23.9 Å². The van der Waals surface area contributed by atoms with Crippen molar-refractivity contribution in [2.75, 3.05) is 28.2 Å². The third-order valence-corrected chi connectivity index (χ3v) is 8.22. The third kappa shape index (κ3) is 5.15. The van der Waals surface area contributed by atoms with E-state index < -0.39 is 5.60 Å². The van der Waals surface area contributed by atoms with Gasteiger partial charge in [0.1, 0.15) is 5.60 Å². The largest absolute Gasteiger partial charge is 0.444 e. The van der Waals surface area contributed by atoms with Gasteiger partial charge in [-0.25, -0.2) is 4.79 Å². The van der Waals surface area contributed by atoms with E-state index in [1.807, 2.05) is 34.9 Å². The van der Waals surface area contributed by atoms with Crippen molar-refractivity contribution in [2.45, 2.75) is 102 Å². The number of ether oxygens (including phenoxy) is 1. The lowest BCUT2D eigenvalue weighted by atomic mass is 9.83. The number of nitrogens with zero attached hydrogens (tertiary/aromatic N) is 2. The van der Waals surface area contributed by atoms with Crippen molar-refractivity contribution in [3.05, 3.63) is 0 Å². The van der Waals surface area contributed by atoms with Gasteiger partial charge in [-0.05, 0) is 85.0 Å². The molecular formula is C25H44N4O4. The molecule has 0 aromatic carbocycles. The number of carbonyl (C=O) groups excluding carboxylic acids is 3. The van der Waals surface area contributed by atoms with Crippen LogP contribution in [0.5, 0.6) is 0 Å². The molecule has 0 aromatic rings. The lowest BCUT2D eigenvalue weighted by molar-refractivity contribution is -0.139. The van der Waals surface area contributed by atoms with E-state index in [0.29, 0.717) is 0 Å². The van der Waals surface area contributed by atoms with Crippen LogP contribution in [0, 0.1) is 10.8 Å². The van der Waals surface area contributed by atoms with Crippen LogP contribution in [-0.4, -0.2) is 72.6 Å². The summed E-state index contributed by atoms with van der Waals surface area (Å²) in [6.45, 7) is 5.56. The minimum atomic E-state index is -0.492. The van der Waals surface area contributed by atoms with Crippen LogP contribution in [0.1, 0.15) is 85.0 Å². The van der Waals surface area contributed by atoms with Crippen LogP contribution >= 0.6 is 0 Å². The Morgan fingerprint density at radius 2 is 1.18 bits per heavy atom. The van der Waals surface area contributed by atoms with E-state index in [4.69, 9.17) is 10.5 Å². The van der Waals surface area contributed by atoms with Crippen molar-refractivity contribution in [3.63, 3.8) is 0 Å². The zero-order valence-electron chi connectivity index (χ0n) is 21.7. The van der Waals surface area contributed by atoms with E-state index >= 15 is 0 Å². The van der Waals surface area contributed by atoms with Gasteiger partial charge < -0.3 is 25.6 Å². The standard InChI is InChI=1S/C15H26N2O3.C10H18N2O/c1-13(2,3)20-12(19)16-15-8-6-14(10-15,7-9-15)11(18)17(4)5;1-12(2)8(13)9-3-5-10(11,7-9)6-4-9/h6-10H2,1-5H3,(H,16,19);3-7,11H2,1-2H3. The Morgan fingerprint density at radius 3 is 1.55 bits per heavy atom. The third-order valence-electron chi connectivity index (χ3n) is 8.22. The van der Waals surface area contributed by atoms with Crippen LogP contribution < -0.4 is 11.1 Å². The maximum atomic E-state index is 12.4. The molecule has 4 fully saturated rings. The highest BCUT2D eigenvalue weighted by molar-refractivity contribution is 5.84. The number of hydrogen-bond donors (Lipinski definition) is 2. The Bertz CT molecular complexity index is 783. The zero-order chi connectivity index (χ0) is 24.9. The molecule has 0 heterocycles. The van der Waals surface area contributed by atoms with E-state index in [9.17, 15) is 14.4 Å². The Hall–Kier alpha value is -1.83. The number of nitrogens with two attached hydrogens (primary N) is 1. The summed E-state index contributed by atoms with van der Waals surface area (Å²) >= 11 is 0. The second-order valence-electron chi connectivity index (χ2n) is 12.6. The fourth-order valence-electron chi connectivity index (χ4n) is 6.68. The molecule has 3 N–H and O–H groups in total. The van der Waals surface area contributed by atoms with Gasteiger partial charge in [-0.3, -0.25) is 9.59 Å². The maximum Gasteiger partial charge on any atom is 0.408 e. The van der Waals surface area contributed by atoms with Crippen molar-refractivity contribution in [2.24, 2.45) is 16.6 Å². The SMILES string of the molecule is CN(C)C(=O)C12CCC(N)(CC1)C2.CN(C)C(=O)C12CCC(NC(=O)OC(C)(C)C)(CC1)C2. The molecular weight excluding hydrogens is 420 g/mol. The average Bonchev–Trinajstić information content (AvgIpc) is 3.42. The molecule has 4 aliphatic carbocycles. The average molecular weight is 465 g/mol. The maximum absolute atomic E-state index is 12.4. The predicted octanol–water partition coefficient (Wildman–Crippen LogP) is 3.04. The number of hydrogen-bond acceptors (Lipinski definition) is 5. The molecule has 8 heteroatoms. The lowest BCUT2D eigenvalue weighted by Crippen LogP contribution is -2.47. The first kappa shape index (κ1) is 25.8. The molecule has 4 bridgehead atoms. The zero-order valence-corrected chi connectivity index (χ0v) is 21.7. The number of alkyl carbamates (subject to hydrolysis) is 1. The Labute approximate surface area is 198 Å². The smallest absolute Gasteiger partial charge is 0.408 e. The Balaban J connectivity index is 0.000000203. The highest BCUT2D eigenvalue weighted by Crippen LogP contribution is 2.57. The van der Waals surface area contributed by atoms with Crippen molar-refractivity contribution < 1.29 is 19.1 Å². The highest BCUT2D eigenvalue weighted by atomic mass is 16.6. The van der Waals surface area contributed by atoms with Crippen molar-refractivity contribution in [3.8, 4) is 0 Å². The molecule has 0 spiro atoms. The first-order valence-corrected chi connectivity index (χ1v) is 12.3. The van der Waals surface area contributed by atoms with E-state index in [2.05, 4.69) is 5.32 Å². The summed E-state index contributed by atoms with van der Waals surface area (Å²) in [4.78, 5) is 39.7. The number of nitrogens with one attached hydrogen (secondary N) is 1. The molecule has 4 rings (SSSR count). The van der Waals surface area contributed by atoms with E-state index in [1.165, 1.54) is 0 Å². The van der Waals surface area contributed by atoms with Crippen LogP contribution in [-0.2, 0) is 14.3 Å². The van der Waals surface area contributed by atoms with Gasteiger partial charge in [-0.15, -0.1) is 0 Å². The first-order chi connectivity index (χ1) is 15.1. The highest BCUT2D eigenvalue weighted by Gasteiger charge is 2.59. The number of amides is 3. The molecule has 0 unspecified atom stereocenters. The van der Waals surface area contributed by atoms with Gasteiger partial charge in [0, 0.05) is 39.3 Å². The van der Waals surface area contributed by atoms with Crippen molar-refractivity contribution in [1.82, 2.24) is 15.1 Å². The molecule has 3 amide bonds. The minimum absolute atomic E-state index is 0.00826. The van der Waals surface area contributed by atoms with Gasteiger partial charge in [0.2, 0.25) is 11.8 Å². The van der Waals surface area contributed by atoms with Gasteiger partial charge in [0.15, 0.2) is 0 Å². The van der Waals surface area contributed by atoms with Crippen LogP contribution in [0.3, 0.4) is 0 Å². The quantitative estimate of drug-likeness (QED) is 0.668. The molecule has 0 saturated heterocycles. The summed E-state index contributed by atoms with van der Waals surface area (Å²) in [5.41, 5.74) is 5.06. The molecule has 188 valence electrons. The van der Waals surface area contributed by atoms with Crippen molar-refractivity contribution in [1.29, 1.82) is 0 Å². The summed E-state index contributed by atoms with van der Waals surface area (Å²) < 4.78 is 5.34. The topological polar surface area (TPSA) is 105 Å². The van der Waals surface area contributed by atoms with Gasteiger partial charge in [0.05, 0.1) is 10.8 Å². The monoisotopic (exact) mass is 464 g/mol. The number of carbonyl (C=O) groups is 3. The fraction of sp³-hybridized carbons (Fsp3) is 0.880. The molecule has 4 saturated carbocycles. The second kappa shape index (κ2) is 8.43. The Kier molecular flexibility index (Phi) is 6.59. The summed E-state index contributed by atoms with van der Waals surface area (Å²) in [6.07, 6.45) is 8.82. The van der Waals surface area contributed by atoms with Gasteiger partial charge >= 0.3 is 6.09 Å². The van der Waals surface area contributed by atoms with Crippen LogP contribution in [0.15, 0.2) is 0 Å². The van der Waals surface area contributed by atoms with E-state index in [0.717, 1.165) is 64.2 Å². The van der Waals surface area contributed by atoms with Gasteiger partial charge in [-0.2, -0.15) is 0 Å². The fourth-order valence-corrected chi connectivity index (χ4v) is 6.68. The summed E-state index contributed by atoms with van der Waals surface area (Å²) in [6, 6.07) is 0. The Morgan fingerprint density at radius 1 is 0.758 bits per heavy atom. The van der Waals surface area contributed by atoms with E-state index in [-0.39, 0.29) is 39.8 Å². The molecule has 0 aliphatic heterocycles. The lowest BCUT2D eigenvalue weighted by Gasteiger charge is -2.30. The van der Waals surface area contributed by atoms with Crippen LogP contribution in [0.4, 0.5) is 4.79 Å². The molecule has 8 nitrogen and oxygen atoms in total. The summed E-state index contributed by atoms with van der Waals surface area (Å²) in [7, 11) is 7.28. The molecule has 33 heavy (non-hydrogen) atoms. The number of rotatable bonds is 3. The summed E-state index contributed by atoms with van der Waals surface area (Å²) in [5, 5.41) is 3.03. The molecule has 0 aromatic heterocycles. The molecule has 4 aliphatic rings. The normalized spacial score (nSPS) is 36.1. The van der Waals surface area contributed by atoms with Crippen LogP contribution in [0.25, 0.3) is 0 Å². The first-order valence-electron chi connectivity index (χ1n) is 12.3. The second-order valence-corrected chi connectivity index (χ2v) is 12.6.